The Morgan fingerprint density at radius 3 is 2.75 bits per heavy atom. The summed E-state index contributed by atoms with van der Waals surface area (Å²) in [7, 11) is 0. The molecule has 3 nitrogen and oxygen atoms in total. The van der Waals surface area contributed by atoms with Gasteiger partial charge in [-0.1, -0.05) is 27.2 Å². The van der Waals surface area contributed by atoms with Crippen molar-refractivity contribution < 1.29 is 9.90 Å². The summed E-state index contributed by atoms with van der Waals surface area (Å²) in [4.78, 5) is 13.4. The number of hydrogen-bond donors (Lipinski definition) is 1. The minimum atomic E-state index is -0.661. The highest BCUT2D eigenvalue weighted by molar-refractivity contribution is 8.00. The molecule has 1 aliphatic heterocycles. The van der Waals surface area contributed by atoms with Crippen LogP contribution >= 0.6 is 11.8 Å². The zero-order valence-electron chi connectivity index (χ0n) is 10.5. The fourth-order valence-electron chi connectivity index (χ4n) is 2.08. The quantitative estimate of drug-likeness (QED) is 0.826. The highest BCUT2D eigenvalue weighted by Crippen LogP contribution is 2.31. The van der Waals surface area contributed by atoms with Crippen molar-refractivity contribution in [1.82, 2.24) is 4.90 Å². The SMILES string of the molecule is CCCC(C(=O)O)N1CCSC(C)(C)CC1. The maximum atomic E-state index is 11.2. The largest absolute Gasteiger partial charge is 0.480 e. The van der Waals surface area contributed by atoms with Crippen molar-refractivity contribution in [3.63, 3.8) is 0 Å². The molecule has 0 aromatic heterocycles. The molecule has 4 heteroatoms. The average Bonchev–Trinajstić information content (AvgIpc) is 2.35. The number of aliphatic carboxylic acids is 1. The molecule has 0 bridgehead atoms. The van der Waals surface area contributed by atoms with E-state index in [4.69, 9.17) is 0 Å². The van der Waals surface area contributed by atoms with Crippen LogP contribution in [0.15, 0.2) is 0 Å². The van der Waals surface area contributed by atoms with Gasteiger partial charge >= 0.3 is 5.97 Å². The Bertz CT molecular complexity index is 243. The summed E-state index contributed by atoms with van der Waals surface area (Å²) < 4.78 is 0.296. The molecule has 1 N–H and O–H groups in total. The first-order chi connectivity index (χ1) is 7.46. The van der Waals surface area contributed by atoms with Gasteiger partial charge in [-0.25, -0.2) is 0 Å². The van der Waals surface area contributed by atoms with Crippen LogP contribution in [-0.4, -0.2) is 45.6 Å². The molecule has 1 atom stereocenters. The summed E-state index contributed by atoms with van der Waals surface area (Å²) in [6, 6.07) is -0.278. The predicted octanol–water partition coefficient (Wildman–Crippen LogP) is 2.46. The second-order valence-electron chi connectivity index (χ2n) is 5.04. The summed E-state index contributed by atoms with van der Waals surface area (Å²) in [5.74, 6) is 0.382. The lowest BCUT2D eigenvalue weighted by Crippen LogP contribution is -2.42. The van der Waals surface area contributed by atoms with E-state index in [9.17, 15) is 9.90 Å². The van der Waals surface area contributed by atoms with Crippen LogP contribution in [0, 0.1) is 0 Å². The highest BCUT2D eigenvalue weighted by Gasteiger charge is 2.30. The van der Waals surface area contributed by atoms with E-state index in [1.807, 2.05) is 18.7 Å². The lowest BCUT2D eigenvalue weighted by atomic mass is 10.1. The van der Waals surface area contributed by atoms with Crippen LogP contribution < -0.4 is 0 Å². The van der Waals surface area contributed by atoms with Crippen LogP contribution in [0.4, 0.5) is 0 Å². The lowest BCUT2D eigenvalue weighted by Gasteiger charge is -2.27. The summed E-state index contributed by atoms with van der Waals surface area (Å²) in [6.45, 7) is 8.36. The maximum absolute atomic E-state index is 11.2. The van der Waals surface area contributed by atoms with Crippen molar-refractivity contribution >= 4 is 17.7 Å². The van der Waals surface area contributed by atoms with Gasteiger partial charge in [-0.3, -0.25) is 9.69 Å². The summed E-state index contributed by atoms with van der Waals surface area (Å²) in [5, 5.41) is 9.23. The van der Waals surface area contributed by atoms with Gasteiger partial charge in [-0.2, -0.15) is 11.8 Å². The molecule has 0 aromatic rings. The first-order valence-corrected chi connectivity index (χ1v) is 7.05. The summed E-state index contributed by atoms with van der Waals surface area (Å²) in [6.07, 6.45) is 2.77. The molecule has 1 unspecified atom stereocenters. The van der Waals surface area contributed by atoms with Crippen LogP contribution in [0.3, 0.4) is 0 Å². The third-order valence-electron chi connectivity index (χ3n) is 3.16. The van der Waals surface area contributed by atoms with Gasteiger partial charge in [0, 0.05) is 23.6 Å². The molecule has 1 heterocycles. The van der Waals surface area contributed by atoms with Gasteiger partial charge in [-0.15, -0.1) is 0 Å². The molecular weight excluding hydrogens is 222 g/mol. The van der Waals surface area contributed by atoms with E-state index in [1.54, 1.807) is 0 Å². The molecule has 16 heavy (non-hydrogen) atoms. The Hall–Kier alpha value is -0.220. The maximum Gasteiger partial charge on any atom is 0.320 e. The number of nitrogens with zero attached hydrogens (tertiary/aromatic N) is 1. The van der Waals surface area contributed by atoms with Crippen molar-refractivity contribution in [2.24, 2.45) is 0 Å². The van der Waals surface area contributed by atoms with Gasteiger partial charge in [-0.05, 0) is 12.8 Å². The van der Waals surface area contributed by atoms with Crippen LogP contribution in [0.25, 0.3) is 0 Å². The smallest absolute Gasteiger partial charge is 0.320 e. The van der Waals surface area contributed by atoms with Crippen molar-refractivity contribution in [2.75, 3.05) is 18.8 Å². The fourth-order valence-corrected chi connectivity index (χ4v) is 3.20. The standard InChI is InChI=1S/C12H23NO2S/c1-4-5-10(11(14)15)13-7-6-12(2,3)16-9-8-13/h10H,4-9H2,1-3H3,(H,14,15). The molecule has 0 saturated carbocycles. The van der Waals surface area contributed by atoms with E-state index in [1.165, 1.54) is 0 Å². The van der Waals surface area contributed by atoms with Crippen LogP contribution in [0.2, 0.25) is 0 Å². The first kappa shape index (κ1) is 13.8. The number of carboxylic acids is 1. The van der Waals surface area contributed by atoms with E-state index in [0.717, 1.165) is 38.1 Å². The second-order valence-corrected chi connectivity index (χ2v) is 6.84. The number of carboxylic acid groups (broad SMARTS) is 1. The zero-order chi connectivity index (χ0) is 12.2. The van der Waals surface area contributed by atoms with Crippen molar-refractivity contribution in [1.29, 1.82) is 0 Å². The van der Waals surface area contributed by atoms with Crippen LogP contribution in [-0.2, 0) is 4.79 Å². The van der Waals surface area contributed by atoms with Gasteiger partial charge in [0.25, 0.3) is 0 Å². The Morgan fingerprint density at radius 2 is 2.19 bits per heavy atom. The second kappa shape index (κ2) is 5.92. The normalized spacial score (nSPS) is 23.7. The zero-order valence-corrected chi connectivity index (χ0v) is 11.3. The van der Waals surface area contributed by atoms with Crippen molar-refractivity contribution in [3.05, 3.63) is 0 Å². The van der Waals surface area contributed by atoms with E-state index in [0.29, 0.717) is 4.75 Å². The van der Waals surface area contributed by atoms with Crippen molar-refractivity contribution in [2.45, 2.75) is 50.8 Å². The molecule has 0 aromatic carbocycles. The van der Waals surface area contributed by atoms with E-state index >= 15 is 0 Å². The van der Waals surface area contributed by atoms with E-state index < -0.39 is 5.97 Å². The van der Waals surface area contributed by atoms with Gasteiger partial charge in [0.15, 0.2) is 0 Å². The van der Waals surface area contributed by atoms with Gasteiger partial charge in [0.1, 0.15) is 6.04 Å². The Kier molecular flexibility index (Phi) is 5.12. The molecule has 94 valence electrons. The fraction of sp³-hybridized carbons (Fsp3) is 0.917. The first-order valence-electron chi connectivity index (χ1n) is 6.07. The Balaban J connectivity index is 2.61. The predicted molar refractivity (Wildman–Crippen MR) is 69.1 cm³/mol. The Morgan fingerprint density at radius 1 is 1.50 bits per heavy atom. The van der Waals surface area contributed by atoms with E-state index in [-0.39, 0.29) is 6.04 Å². The molecule has 0 radical (unpaired) electrons. The van der Waals surface area contributed by atoms with E-state index in [2.05, 4.69) is 18.7 Å². The molecule has 0 amide bonds. The third kappa shape index (κ3) is 3.98. The van der Waals surface area contributed by atoms with Crippen LogP contribution in [0.1, 0.15) is 40.0 Å². The number of hydrogen-bond acceptors (Lipinski definition) is 3. The molecule has 1 saturated heterocycles. The highest BCUT2D eigenvalue weighted by atomic mass is 32.2. The average molecular weight is 245 g/mol. The minimum absolute atomic E-state index is 0.278. The summed E-state index contributed by atoms with van der Waals surface area (Å²) in [5.41, 5.74) is 0. The molecule has 1 fully saturated rings. The van der Waals surface area contributed by atoms with Crippen LogP contribution in [0.5, 0.6) is 0 Å². The number of rotatable bonds is 4. The number of carbonyl (C=O) groups is 1. The molecular formula is C12H23NO2S. The summed E-state index contributed by atoms with van der Waals surface area (Å²) >= 11 is 1.96. The van der Waals surface area contributed by atoms with Gasteiger partial charge in [0.05, 0.1) is 0 Å². The molecule has 1 aliphatic rings. The topological polar surface area (TPSA) is 40.5 Å². The molecule has 1 rings (SSSR count). The van der Waals surface area contributed by atoms with Gasteiger partial charge in [0.2, 0.25) is 0 Å². The lowest BCUT2D eigenvalue weighted by molar-refractivity contribution is -0.143. The molecule has 0 aliphatic carbocycles. The monoisotopic (exact) mass is 245 g/mol. The minimum Gasteiger partial charge on any atom is -0.480 e. The molecule has 0 spiro atoms. The third-order valence-corrected chi connectivity index (χ3v) is 4.53. The van der Waals surface area contributed by atoms with Crippen molar-refractivity contribution in [3.8, 4) is 0 Å². The van der Waals surface area contributed by atoms with Gasteiger partial charge < -0.3 is 5.11 Å². The Labute approximate surface area is 103 Å². The number of thioether (sulfide) groups is 1.